The van der Waals surface area contributed by atoms with Crippen molar-refractivity contribution in [1.82, 2.24) is 4.98 Å². The number of nitrogens with zero attached hydrogens (tertiary/aromatic N) is 2. The monoisotopic (exact) mass is 396 g/mol. The van der Waals surface area contributed by atoms with Gasteiger partial charge in [-0.05, 0) is 49.3 Å². The number of ketones is 1. The molecular weight excluding hydrogens is 368 g/mol. The minimum atomic E-state index is -0.609. The van der Waals surface area contributed by atoms with E-state index in [1.54, 1.807) is 12.4 Å². The molecule has 1 aliphatic carbocycles. The van der Waals surface area contributed by atoms with Crippen LogP contribution in [0.15, 0.2) is 40.8 Å². The van der Waals surface area contributed by atoms with Crippen LogP contribution in [0.1, 0.15) is 57.9 Å². The average molecular weight is 396 g/mol. The minimum absolute atomic E-state index is 0.0361. The average Bonchev–Trinajstić information content (AvgIpc) is 3.18. The molecule has 154 valence electrons. The minimum Gasteiger partial charge on any atom is -0.462 e. The van der Waals surface area contributed by atoms with Crippen LogP contribution < -0.4 is 0 Å². The van der Waals surface area contributed by atoms with E-state index in [0.29, 0.717) is 24.3 Å². The maximum absolute atomic E-state index is 13.2. The van der Waals surface area contributed by atoms with Gasteiger partial charge in [0, 0.05) is 48.3 Å². The summed E-state index contributed by atoms with van der Waals surface area (Å²) in [6.45, 7) is 7.00. The van der Waals surface area contributed by atoms with Gasteiger partial charge in [-0.1, -0.05) is 13.8 Å². The van der Waals surface area contributed by atoms with Gasteiger partial charge in [0.05, 0.1) is 6.10 Å². The van der Waals surface area contributed by atoms with Gasteiger partial charge in [0.2, 0.25) is 0 Å². The molecule has 3 aliphatic rings. The molecular formula is C23H28N2O4. The molecule has 0 saturated carbocycles. The number of esters is 1. The van der Waals surface area contributed by atoms with Crippen LogP contribution in [-0.2, 0) is 19.1 Å². The standard InChI is InChI=1S/C23H28N2O4/c1-14-19(22(27)29-13-16-5-4-10-28-16)20(15-6-8-24-9-7-15)21-17(25-14)11-23(2,3)12-18(21)26/h6-9,16,19-20H,4-5,10-13H2,1-3H3/t16-,19?,20-/m1/s1. The fraction of sp³-hybridized carbons (Fsp3) is 0.565. The zero-order chi connectivity index (χ0) is 20.6. The molecule has 6 heteroatoms. The molecule has 29 heavy (non-hydrogen) atoms. The molecule has 6 nitrogen and oxygen atoms in total. The fourth-order valence-corrected chi connectivity index (χ4v) is 4.72. The highest BCUT2D eigenvalue weighted by Crippen LogP contribution is 2.47. The first kappa shape index (κ1) is 20.0. The summed E-state index contributed by atoms with van der Waals surface area (Å²) in [7, 11) is 0. The van der Waals surface area contributed by atoms with Gasteiger partial charge in [0.25, 0.3) is 0 Å². The molecule has 0 amide bonds. The van der Waals surface area contributed by atoms with Crippen LogP contribution in [0.5, 0.6) is 0 Å². The quantitative estimate of drug-likeness (QED) is 0.727. The van der Waals surface area contributed by atoms with Crippen molar-refractivity contribution in [2.75, 3.05) is 13.2 Å². The Balaban J connectivity index is 1.69. The second kappa shape index (κ2) is 7.82. The molecule has 0 radical (unpaired) electrons. The van der Waals surface area contributed by atoms with Crippen LogP contribution >= 0.6 is 0 Å². The third kappa shape index (κ3) is 4.04. The number of ether oxygens (including phenoxy) is 2. The molecule has 1 aromatic rings. The summed E-state index contributed by atoms with van der Waals surface area (Å²) in [4.78, 5) is 35.1. The van der Waals surface area contributed by atoms with Gasteiger partial charge in [0.1, 0.15) is 12.5 Å². The molecule has 1 unspecified atom stereocenters. The van der Waals surface area contributed by atoms with Gasteiger partial charge in [0.15, 0.2) is 5.78 Å². The van der Waals surface area contributed by atoms with E-state index >= 15 is 0 Å². The van der Waals surface area contributed by atoms with E-state index in [1.807, 2.05) is 19.1 Å². The van der Waals surface area contributed by atoms with Crippen molar-refractivity contribution in [2.45, 2.75) is 58.5 Å². The predicted molar refractivity (Wildman–Crippen MR) is 109 cm³/mol. The molecule has 1 aromatic heterocycles. The van der Waals surface area contributed by atoms with Crippen molar-refractivity contribution in [1.29, 1.82) is 0 Å². The summed E-state index contributed by atoms with van der Waals surface area (Å²) in [6, 6.07) is 3.75. The van der Waals surface area contributed by atoms with Crippen LogP contribution in [0.3, 0.4) is 0 Å². The van der Waals surface area contributed by atoms with Crippen molar-refractivity contribution in [3.05, 3.63) is 41.4 Å². The number of rotatable bonds is 4. The smallest absolute Gasteiger partial charge is 0.315 e. The van der Waals surface area contributed by atoms with Crippen LogP contribution in [0, 0.1) is 11.3 Å². The first-order chi connectivity index (χ1) is 13.9. The van der Waals surface area contributed by atoms with Crippen LogP contribution in [-0.4, -0.2) is 41.8 Å². The van der Waals surface area contributed by atoms with Gasteiger partial charge in [-0.15, -0.1) is 0 Å². The number of hydrogen-bond donors (Lipinski definition) is 0. The van der Waals surface area contributed by atoms with Crippen molar-refractivity contribution < 1.29 is 19.1 Å². The van der Waals surface area contributed by atoms with Gasteiger partial charge >= 0.3 is 5.97 Å². The molecule has 3 atom stereocenters. The summed E-state index contributed by atoms with van der Waals surface area (Å²) in [5.74, 6) is -1.26. The summed E-state index contributed by atoms with van der Waals surface area (Å²) in [6.07, 6.45) is 6.44. The molecule has 0 spiro atoms. The molecule has 1 fully saturated rings. The highest BCUT2D eigenvalue weighted by atomic mass is 16.6. The number of carbonyl (C=O) groups is 2. The van der Waals surface area contributed by atoms with Crippen molar-refractivity contribution in [2.24, 2.45) is 16.3 Å². The molecule has 1 saturated heterocycles. The van der Waals surface area contributed by atoms with Crippen LogP contribution in [0.25, 0.3) is 0 Å². The SMILES string of the molecule is CC1=NC2=C(C(=O)CC(C)(C)C2)[C@H](c2ccncc2)C1C(=O)OC[C@H]1CCCO1. The zero-order valence-corrected chi connectivity index (χ0v) is 17.3. The Morgan fingerprint density at radius 1 is 1.28 bits per heavy atom. The summed E-state index contributed by atoms with van der Waals surface area (Å²) in [5.41, 5.74) is 2.95. The van der Waals surface area contributed by atoms with E-state index in [2.05, 4.69) is 18.8 Å². The van der Waals surface area contributed by atoms with E-state index in [9.17, 15) is 9.59 Å². The largest absolute Gasteiger partial charge is 0.462 e. The van der Waals surface area contributed by atoms with Crippen molar-refractivity contribution in [3.63, 3.8) is 0 Å². The lowest BCUT2D eigenvalue weighted by molar-refractivity contribution is -0.149. The second-order valence-corrected chi connectivity index (χ2v) is 9.06. The highest BCUT2D eigenvalue weighted by molar-refractivity contribution is 6.09. The number of Topliss-reactive ketones (excluding diaryl/α,β-unsaturated/α-hetero) is 1. The summed E-state index contributed by atoms with van der Waals surface area (Å²) >= 11 is 0. The Bertz CT molecular complexity index is 866. The Kier molecular flexibility index (Phi) is 5.38. The third-order valence-electron chi connectivity index (χ3n) is 6.06. The Labute approximate surface area is 171 Å². The van der Waals surface area contributed by atoms with E-state index < -0.39 is 5.92 Å². The molecule has 0 bridgehead atoms. The van der Waals surface area contributed by atoms with Crippen LogP contribution in [0.4, 0.5) is 0 Å². The predicted octanol–water partition coefficient (Wildman–Crippen LogP) is 3.62. The van der Waals surface area contributed by atoms with E-state index in [0.717, 1.165) is 30.5 Å². The number of allylic oxidation sites excluding steroid dienone is 2. The first-order valence-electron chi connectivity index (χ1n) is 10.4. The molecule has 2 aliphatic heterocycles. The topological polar surface area (TPSA) is 77.9 Å². The second-order valence-electron chi connectivity index (χ2n) is 9.06. The fourth-order valence-electron chi connectivity index (χ4n) is 4.72. The lowest BCUT2D eigenvalue weighted by Crippen LogP contribution is -2.40. The first-order valence-corrected chi connectivity index (χ1v) is 10.4. The van der Waals surface area contributed by atoms with E-state index in [-0.39, 0.29) is 35.8 Å². The lowest BCUT2D eigenvalue weighted by Gasteiger charge is -2.39. The van der Waals surface area contributed by atoms with E-state index in [1.165, 1.54) is 0 Å². The van der Waals surface area contributed by atoms with Crippen molar-refractivity contribution in [3.8, 4) is 0 Å². The Hall–Kier alpha value is -2.34. The zero-order valence-electron chi connectivity index (χ0n) is 17.3. The molecule has 0 N–H and O–H groups in total. The third-order valence-corrected chi connectivity index (χ3v) is 6.06. The number of pyridine rings is 1. The molecule has 3 heterocycles. The van der Waals surface area contributed by atoms with Crippen LogP contribution in [0.2, 0.25) is 0 Å². The normalized spacial score (nSPS) is 28.7. The molecule has 4 rings (SSSR count). The van der Waals surface area contributed by atoms with Gasteiger partial charge in [-0.2, -0.15) is 0 Å². The van der Waals surface area contributed by atoms with Gasteiger partial charge in [-0.25, -0.2) is 0 Å². The van der Waals surface area contributed by atoms with Crippen molar-refractivity contribution >= 4 is 17.5 Å². The maximum Gasteiger partial charge on any atom is 0.315 e. The van der Waals surface area contributed by atoms with Gasteiger partial charge < -0.3 is 9.47 Å². The maximum atomic E-state index is 13.2. The molecule has 0 aromatic carbocycles. The number of carbonyl (C=O) groups excluding carboxylic acids is 2. The number of aliphatic imine (C=N–C) groups is 1. The summed E-state index contributed by atoms with van der Waals surface area (Å²) in [5, 5.41) is 0. The lowest BCUT2D eigenvalue weighted by atomic mass is 9.67. The Morgan fingerprint density at radius 3 is 2.72 bits per heavy atom. The van der Waals surface area contributed by atoms with Gasteiger partial charge in [-0.3, -0.25) is 19.6 Å². The number of hydrogen-bond acceptors (Lipinski definition) is 6. The number of aromatic nitrogens is 1. The Morgan fingerprint density at radius 2 is 2.03 bits per heavy atom. The van der Waals surface area contributed by atoms with E-state index in [4.69, 9.17) is 14.5 Å². The highest BCUT2D eigenvalue weighted by Gasteiger charge is 2.46. The summed E-state index contributed by atoms with van der Waals surface area (Å²) < 4.78 is 11.2.